The minimum Gasteiger partial charge on any atom is -0.358 e. The van der Waals surface area contributed by atoms with Gasteiger partial charge in [0.05, 0.1) is 0 Å². The van der Waals surface area contributed by atoms with Gasteiger partial charge in [-0.25, -0.2) is 0 Å². The van der Waals surface area contributed by atoms with E-state index in [-0.39, 0.29) is 5.91 Å². The third-order valence-corrected chi connectivity index (χ3v) is 4.47. The first-order valence-electron chi connectivity index (χ1n) is 8.07. The number of aryl methyl sites for hydroxylation is 2. The second-order valence-corrected chi connectivity index (χ2v) is 6.24. The van der Waals surface area contributed by atoms with Crippen molar-refractivity contribution >= 4 is 16.8 Å². The summed E-state index contributed by atoms with van der Waals surface area (Å²) in [6, 6.07) is 6.86. The highest BCUT2D eigenvalue weighted by Gasteiger charge is 2.23. The normalized spacial score (nSPS) is 17.7. The lowest BCUT2D eigenvalue weighted by molar-refractivity contribution is -0.122. The Kier molecular flexibility index (Phi) is 4.00. The van der Waals surface area contributed by atoms with E-state index in [1.54, 1.807) is 0 Å². The molecule has 0 fully saturated rings. The molecule has 1 aromatic carbocycles. The van der Waals surface area contributed by atoms with Gasteiger partial charge in [-0.15, -0.1) is 0 Å². The quantitative estimate of drug-likeness (QED) is 0.884. The van der Waals surface area contributed by atoms with E-state index in [2.05, 4.69) is 42.3 Å². The van der Waals surface area contributed by atoms with E-state index in [4.69, 9.17) is 0 Å². The largest absolute Gasteiger partial charge is 0.358 e. The van der Waals surface area contributed by atoms with Crippen LogP contribution in [-0.4, -0.2) is 16.9 Å². The molecule has 112 valence electrons. The zero-order chi connectivity index (χ0) is 14.8. The smallest absolute Gasteiger partial charge is 0.220 e. The fraction of sp³-hybridized carbons (Fsp3) is 0.500. The Bertz CT molecular complexity index is 657. The molecule has 0 radical (unpaired) electrons. The second kappa shape index (κ2) is 5.92. The van der Waals surface area contributed by atoms with Crippen molar-refractivity contribution in [3.8, 4) is 0 Å². The van der Waals surface area contributed by atoms with Gasteiger partial charge >= 0.3 is 0 Å². The van der Waals surface area contributed by atoms with E-state index < -0.39 is 0 Å². The molecule has 1 unspecified atom stereocenters. The molecule has 1 atom stereocenters. The Hall–Kier alpha value is -1.77. The van der Waals surface area contributed by atoms with Crippen LogP contribution >= 0.6 is 0 Å². The van der Waals surface area contributed by atoms with Crippen LogP contribution in [0, 0.1) is 6.92 Å². The van der Waals surface area contributed by atoms with Crippen molar-refractivity contribution in [3.05, 3.63) is 35.0 Å². The number of carbonyl (C=O) groups excluding carboxylic acids is 1. The number of benzene rings is 1. The molecule has 1 heterocycles. The van der Waals surface area contributed by atoms with Crippen molar-refractivity contribution in [1.82, 2.24) is 10.3 Å². The molecule has 0 aliphatic heterocycles. The number of nitrogens with one attached hydrogen (secondary N) is 2. The van der Waals surface area contributed by atoms with Crippen LogP contribution in [0.3, 0.4) is 0 Å². The van der Waals surface area contributed by atoms with Crippen LogP contribution < -0.4 is 5.32 Å². The molecular formula is C18H24N2O. The van der Waals surface area contributed by atoms with Gasteiger partial charge in [0.15, 0.2) is 0 Å². The molecule has 2 aromatic rings. The average molecular weight is 284 g/mol. The number of carbonyl (C=O) groups is 1. The first-order chi connectivity index (χ1) is 10.2. The molecule has 0 spiro atoms. The maximum Gasteiger partial charge on any atom is 0.220 e. The first kappa shape index (κ1) is 14.2. The molecular weight excluding hydrogens is 260 g/mol. The minimum atomic E-state index is 0.210. The minimum absolute atomic E-state index is 0.210. The van der Waals surface area contributed by atoms with Crippen LogP contribution in [0.2, 0.25) is 0 Å². The van der Waals surface area contributed by atoms with E-state index in [9.17, 15) is 4.79 Å². The number of aromatic nitrogens is 1. The van der Waals surface area contributed by atoms with Crippen molar-refractivity contribution in [2.45, 2.75) is 58.4 Å². The van der Waals surface area contributed by atoms with Gasteiger partial charge in [-0.05, 0) is 50.3 Å². The van der Waals surface area contributed by atoms with Crippen molar-refractivity contribution in [1.29, 1.82) is 0 Å². The lowest BCUT2D eigenvalue weighted by Crippen LogP contribution is -2.38. The van der Waals surface area contributed by atoms with Gasteiger partial charge in [0, 0.05) is 29.1 Å². The lowest BCUT2D eigenvalue weighted by Gasteiger charge is -2.23. The molecule has 0 bridgehead atoms. The van der Waals surface area contributed by atoms with E-state index in [1.807, 2.05) is 0 Å². The monoisotopic (exact) mass is 284 g/mol. The van der Waals surface area contributed by atoms with Crippen LogP contribution in [0.25, 0.3) is 10.9 Å². The summed E-state index contributed by atoms with van der Waals surface area (Å²) in [5.41, 5.74) is 5.28. The molecule has 1 aliphatic rings. The van der Waals surface area contributed by atoms with E-state index in [1.165, 1.54) is 27.7 Å². The number of rotatable bonds is 4. The van der Waals surface area contributed by atoms with Gasteiger partial charge in [-0.2, -0.15) is 0 Å². The van der Waals surface area contributed by atoms with Crippen LogP contribution in [0.4, 0.5) is 0 Å². The Morgan fingerprint density at radius 1 is 1.43 bits per heavy atom. The highest BCUT2D eigenvalue weighted by Crippen LogP contribution is 2.29. The maximum atomic E-state index is 11.9. The van der Waals surface area contributed by atoms with Crippen molar-refractivity contribution in [3.63, 3.8) is 0 Å². The van der Waals surface area contributed by atoms with Crippen molar-refractivity contribution in [2.24, 2.45) is 0 Å². The van der Waals surface area contributed by atoms with E-state index in [0.29, 0.717) is 12.5 Å². The molecule has 3 rings (SSSR count). The number of fused-ring (bicyclic) bond motifs is 3. The molecule has 1 aromatic heterocycles. The number of unbranched alkanes of at least 4 members (excludes halogenated alkanes) is 1. The average Bonchev–Trinajstić information content (AvgIpc) is 2.82. The van der Waals surface area contributed by atoms with Gasteiger partial charge in [0.25, 0.3) is 0 Å². The molecule has 21 heavy (non-hydrogen) atoms. The van der Waals surface area contributed by atoms with Gasteiger partial charge in [-0.1, -0.05) is 25.0 Å². The fourth-order valence-corrected chi connectivity index (χ4v) is 3.29. The standard InChI is InChI=1S/C18H24N2O/c1-3-4-5-18(21)19-13-7-9-17-15(11-13)14-10-12(2)6-8-16(14)20-17/h6,8,10,13,20H,3-5,7,9,11H2,1-2H3,(H,19,21). The first-order valence-corrected chi connectivity index (χ1v) is 8.07. The number of H-pyrrole nitrogens is 1. The lowest BCUT2D eigenvalue weighted by atomic mass is 9.91. The highest BCUT2D eigenvalue weighted by atomic mass is 16.1. The molecule has 0 saturated heterocycles. The molecule has 3 heteroatoms. The topological polar surface area (TPSA) is 44.9 Å². The third-order valence-electron chi connectivity index (χ3n) is 4.47. The molecule has 1 amide bonds. The van der Waals surface area contributed by atoms with Crippen LogP contribution in [0.1, 0.15) is 49.4 Å². The van der Waals surface area contributed by atoms with Crippen molar-refractivity contribution in [2.75, 3.05) is 0 Å². The van der Waals surface area contributed by atoms with Crippen LogP contribution in [-0.2, 0) is 17.6 Å². The van der Waals surface area contributed by atoms with Gasteiger partial charge in [0.1, 0.15) is 0 Å². The molecule has 0 saturated carbocycles. The van der Waals surface area contributed by atoms with Gasteiger partial charge in [-0.3, -0.25) is 4.79 Å². The van der Waals surface area contributed by atoms with Crippen molar-refractivity contribution < 1.29 is 4.79 Å². The van der Waals surface area contributed by atoms with Gasteiger partial charge < -0.3 is 10.3 Å². The van der Waals surface area contributed by atoms with Crippen LogP contribution in [0.15, 0.2) is 18.2 Å². The Balaban J connectivity index is 1.76. The zero-order valence-corrected chi connectivity index (χ0v) is 13.0. The zero-order valence-electron chi connectivity index (χ0n) is 13.0. The molecule has 1 aliphatic carbocycles. The van der Waals surface area contributed by atoms with E-state index in [0.717, 1.165) is 32.1 Å². The third kappa shape index (κ3) is 2.97. The summed E-state index contributed by atoms with van der Waals surface area (Å²) in [6.45, 7) is 4.25. The maximum absolute atomic E-state index is 11.9. The molecule has 3 nitrogen and oxygen atoms in total. The van der Waals surface area contributed by atoms with Crippen LogP contribution in [0.5, 0.6) is 0 Å². The van der Waals surface area contributed by atoms with Gasteiger partial charge in [0.2, 0.25) is 5.91 Å². The predicted octanol–water partition coefficient (Wildman–Crippen LogP) is 3.64. The van der Waals surface area contributed by atoms with E-state index >= 15 is 0 Å². The Morgan fingerprint density at radius 2 is 2.29 bits per heavy atom. The summed E-state index contributed by atoms with van der Waals surface area (Å²) in [7, 11) is 0. The number of aromatic amines is 1. The summed E-state index contributed by atoms with van der Waals surface area (Å²) < 4.78 is 0. The predicted molar refractivity (Wildman–Crippen MR) is 86.5 cm³/mol. The fourth-order valence-electron chi connectivity index (χ4n) is 3.29. The summed E-state index contributed by atoms with van der Waals surface area (Å²) in [5, 5.41) is 4.54. The highest BCUT2D eigenvalue weighted by molar-refractivity contribution is 5.86. The second-order valence-electron chi connectivity index (χ2n) is 6.24. The number of hydrogen-bond acceptors (Lipinski definition) is 1. The summed E-state index contributed by atoms with van der Waals surface area (Å²) >= 11 is 0. The number of hydrogen-bond donors (Lipinski definition) is 2. The SMILES string of the molecule is CCCCC(=O)NC1CCc2[nH]c3ccc(C)cc3c2C1. The number of amides is 1. The Labute approximate surface area is 126 Å². The molecule has 2 N–H and O–H groups in total. The summed E-state index contributed by atoms with van der Waals surface area (Å²) in [4.78, 5) is 15.5. The summed E-state index contributed by atoms with van der Waals surface area (Å²) in [5.74, 6) is 0.210. The summed E-state index contributed by atoms with van der Waals surface area (Å²) in [6.07, 6.45) is 5.74. The Morgan fingerprint density at radius 3 is 3.10 bits per heavy atom.